The molecule has 0 unspecified atom stereocenters. The Morgan fingerprint density at radius 1 is 1.38 bits per heavy atom. The van der Waals surface area contributed by atoms with Crippen molar-refractivity contribution in [2.45, 2.75) is 6.92 Å². The standard InChI is InChI=1S/C14H11O.Li/c1-3-8-14(15-4-2)12-11-13-9-6-5-7-10-13;/h5-10H,4H2,2H3;/q-1;+1/b14-8+;. The molecule has 1 rings (SSSR count). The van der Waals surface area contributed by atoms with Crippen LogP contribution in [0.1, 0.15) is 12.5 Å². The third-order valence-electron chi connectivity index (χ3n) is 1.61. The first-order valence-corrected chi connectivity index (χ1v) is 4.69. The van der Waals surface area contributed by atoms with Crippen LogP contribution in [0.25, 0.3) is 0 Å². The average Bonchev–Trinajstić information content (AvgIpc) is 2.28. The van der Waals surface area contributed by atoms with E-state index in [1.807, 2.05) is 37.3 Å². The van der Waals surface area contributed by atoms with Crippen LogP contribution in [0.4, 0.5) is 0 Å². The molecule has 0 radical (unpaired) electrons. The van der Waals surface area contributed by atoms with Crippen LogP contribution in [0.3, 0.4) is 0 Å². The molecule has 0 atom stereocenters. The molecule has 1 aromatic rings. The van der Waals surface area contributed by atoms with Crippen LogP contribution in [0.5, 0.6) is 0 Å². The molecule has 0 aliphatic carbocycles. The van der Waals surface area contributed by atoms with E-state index in [1.54, 1.807) is 0 Å². The van der Waals surface area contributed by atoms with E-state index in [1.165, 1.54) is 6.08 Å². The van der Waals surface area contributed by atoms with Gasteiger partial charge >= 0.3 is 18.9 Å². The molecule has 0 heterocycles. The van der Waals surface area contributed by atoms with Gasteiger partial charge < -0.3 is 11.2 Å². The first-order chi connectivity index (χ1) is 7.36. The fourth-order valence-corrected chi connectivity index (χ4v) is 0.990. The second-order valence-electron chi connectivity index (χ2n) is 2.70. The molecule has 1 aromatic carbocycles. The summed E-state index contributed by atoms with van der Waals surface area (Å²) in [5, 5.41) is 0. The molecule has 0 aliphatic heterocycles. The maximum Gasteiger partial charge on any atom is 1.00 e. The van der Waals surface area contributed by atoms with E-state index in [-0.39, 0.29) is 18.9 Å². The maximum atomic E-state index is 6.82. The molecule has 2 heteroatoms. The largest absolute Gasteiger partial charge is 1.00 e. The molecule has 0 bridgehead atoms. The number of ether oxygens (including phenoxy) is 1. The van der Waals surface area contributed by atoms with Gasteiger partial charge in [0.25, 0.3) is 0 Å². The first-order valence-electron chi connectivity index (χ1n) is 4.69. The van der Waals surface area contributed by atoms with E-state index < -0.39 is 0 Å². The molecular formula is C14H11LiO. The molecule has 0 fully saturated rings. The number of benzene rings is 1. The van der Waals surface area contributed by atoms with Crippen molar-refractivity contribution in [1.82, 2.24) is 0 Å². The van der Waals surface area contributed by atoms with E-state index in [4.69, 9.17) is 11.2 Å². The third kappa shape index (κ3) is 5.38. The van der Waals surface area contributed by atoms with E-state index in [9.17, 15) is 0 Å². The first kappa shape index (κ1) is 14.5. The minimum absolute atomic E-state index is 0. The summed E-state index contributed by atoms with van der Waals surface area (Å²) in [6, 6.07) is 9.64. The molecule has 0 aliphatic rings. The van der Waals surface area contributed by atoms with Crippen LogP contribution in [-0.2, 0) is 4.74 Å². The second-order valence-corrected chi connectivity index (χ2v) is 2.70. The predicted octanol–water partition coefficient (Wildman–Crippen LogP) is -0.448. The summed E-state index contributed by atoms with van der Waals surface area (Å²) in [6.45, 7) is 2.42. The SMILES string of the molecule is [C-]#C/C=C(\C#Cc1ccccc1)OCC.[Li+]. The molecule has 0 saturated heterocycles. The summed E-state index contributed by atoms with van der Waals surface area (Å²) in [7, 11) is 0. The van der Waals surface area contributed by atoms with Crippen molar-refractivity contribution in [3.8, 4) is 17.8 Å². The Kier molecular flexibility index (Phi) is 7.93. The summed E-state index contributed by atoms with van der Waals surface area (Å²) < 4.78 is 5.21. The van der Waals surface area contributed by atoms with E-state index >= 15 is 0 Å². The van der Waals surface area contributed by atoms with Gasteiger partial charge in [-0.1, -0.05) is 24.1 Å². The van der Waals surface area contributed by atoms with Gasteiger partial charge in [0.15, 0.2) is 0 Å². The predicted molar refractivity (Wildman–Crippen MR) is 60.2 cm³/mol. The molecule has 0 N–H and O–H groups in total. The molecule has 0 aromatic heterocycles. The minimum atomic E-state index is 0. The average molecular weight is 202 g/mol. The van der Waals surface area contributed by atoms with Gasteiger partial charge in [-0.15, -0.1) is 6.08 Å². The van der Waals surface area contributed by atoms with Crippen molar-refractivity contribution in [2.75, 3.05) is 6.61 Å². The Balaban J connectivity index is 0.00000225. The molecule has 0 amide bonds. The van der Waals surface area contributed by atoms with Crippen molar-refractivity contribution in [3.05, 3.63) is 54.2 Å². The number of hydrogen-bond acceptors (Lipinski definition) is 1. The van der Waals surface area contributed by atoms with Crippen LogP contribution < -0.4 is 18.9 Å². The zero-order valence-corrected chi connectivity index (χ0v) is 9.58. The fraction of sp³-hybridized carbons (Fsp3) is 0.143. The summed E-state index contributed by atoms with van der Waals surface area (Å²) >= 11 is 0. The Labute approximate surface area is 109 Å². The van der Waals surface area contributed by atoms with Crippen LogP contribution in [-0.4, -0.2) is 6.61 Å². The van der Waals surface area contributed by atoms with Crippen molar-refractivity contribution in [1.29, 1.82) is 0 Å². The molecular weight excluding hydrogens is 191 g/mol. The molecule has 0 spiro atoms. The Hall–Kier alpha value is -1.52. The van der Waals surface area contributed by atoms with Gasteiger partial charge in [-0.25, -0.2) is 0 Å². The number of hydrogen-bond donors (Lipinski definition) is 0. The Morgan fingerprint density at radius 2 is 2.06 bits per heavy atom. The van der Waals surface area contributed by atoms with Crippen LogP contribution >= 0.6 is 0 Å². The van der Waals surface area contributed by atoms with Crippen LogP contribution in [0, 0.1) is 24.2 Å². The van der Waals surface area contributed by atoms with Gasteiger partial charge in [0.2, 0.25) is 0 Å². The van der Waals surface area contributed by atoms with Crippen LogP contribution in [0.15, 0.2) is 42.2 Å². The van der Waals surface area contributed by atoms with Gasteiger partial charge in [-0.05, 0) is 25.0 Å². The topological polar surface area (TPSA) is 9.23 Å². The van der Waals surface area contributed by atoms with E-state index in [2.05, 4.69) is 17.8 Å². The Morgan fingerprint density at radius 3 is 2.62 bits per heavy atom. The Bertz CT molecular complexity index is 429. The summed E-state index contributed by atoms with van der Waals surface area (Å²) in [5.41, 5.74) is 0.924. The van der Waals surface area contributed by atoms with Gasteiger partial charge in [0.1, 0.15) is 0 Å². The maximum absolute atomic E-state index is 6.82. The quantitative estimate of drug-likeness (QED) is 0.273. The molecule has 16 heavy (non-hydrogen) atoms. The fourth-order valence-electron chi connectivity index (χ4n) is 0.990. The van der Waals surface area contributed by atoms with Gasteiger partial charge in [0.05, 0.1) is 12.4 Å². The monoisotopic (exact) mass is 202 g/mol. The second kappa shape index (κ2) is 8.76. The number of rotatable bonds is 2. The zero-order chi connectivity index (χ0) is 10.9. The van der Waals surface area contributed by atoms with E-state index in [0.717, 1.165) is 5.56 Å². The molecule has 1 nitrogen and oxygen atoms in total. The van der Waals surface area contributed by atoms with Crippen molar-refractivity contribution in [2.24, 2.45) is 0 Å². The van der Waals surface area contributed by atoms with Crippen LogP contribution in [0.2, 0.25) is 0 Å². The van der Waals surface area contributed by atoms with E-state index in [0.29, 0.717) is 12.4 Å². The normalized spacial score (nSPS) is 9.12. The minimum Gasteiger partial charge on any atom is -0.503 e. The molecule has 74 valence electrons. The van der Waals surface area contributed by atoms with Gasteiger partial charge in [-0.3, -0.25) is 5.92 Å². The summed E-state index contributed by atoms with van der Waals surface area (Å²) in [4.78, 5) is 0. The summed E-state index contributed by atoms with van der Waals surface area (Å²) in [5.74, 6) is 8.41. The van der Waals surface area contributed by atoms with Gasteiger partial charge in [0, 0.05) is 5.56 Å². The number of allylic oxidation sites excluding steroid dienone is 2. The van der Waals surface area contributed by atoms with Crippen molar-refractivity contribution in [3.63, 3.8) is 0 Å². The van der Waals surface area contributed by atoms with Gasteiger partial charge in [-0.2, -0.15) is 0 Å². The zero-order valence-electron chi connectivity index (χ0n) is 9.58. The van der Waals surface area contributed by atoms with Crippen molar-refractivity contribution >= 4 is 0 Å². The third-order valence-corrected chi connectivity index (χ3v) is 1.61. The molecule has 0 saturated carbocycles. The summed E-state index contributed by atoms with van der Waals surface area (Å²) in [6.07, 6.45) is 8.24. The smallest absolute Gasteiger partial charge is 0.503 e. The van der Waals surface area contributed by atoms with Crippen molar-refractivity contribution < 1.29 is 23.6 Å².